The quantitative estimate of drug-likeness (QED) is 0.512. The van der Waals surface area contributed by atoms with Crippen molar-refractivity contribution in [2.45, 2.75) is 76.3 Å². The van der Waals surface area contributed by atoms with E-state index < -0.39 is 17.3 Å². The number of carbonyl (C=O) groups excluding carboxylic acids is 1. The Balaban J connectivity index is 1.30. The van der Waals surface area contributed by atoms with E-state index >= 15 is 0 Å². The van der Waals surface area contributed by atoms with Gasteiger partial charge in [-0.05, 0) is 64.7 Å². The van der Waals surface area contributed by atoms with Gasteiger partial charge in [0, 0.05) is 46.3 Å². The zero-order valence-electron chi connectivity index (χ0n) is 25.2. The molecule has 0 saturated carbocycles. The van der Waals surface area contributed by atoms with Crippen LogP contribution >= 0.6 is 0 Å². The number of hydrogen-bond donors (Lipinski definition) is 1. The molecule has 0 unspecified atom stereocenters. The summed E-state index contributed by atoms with van der Waals surface area (Å²) in [4.78, 5) is 19.1. The predicted molar refractivity (Wildman–Crippen MR) is 152 cm³/mol. The summed E-state index contributed by atoms with van der Waals surface area (Å²) in [7, 11) is 3.39. The van der Waals surface area contributed by atoms with E-state index in [4.69, 9.17) is 23.7 Å². The molecule has 0 aromatic heterocycles. The molecule has 2 atom stereocenters. The molecular weight excluding hydrogens is 514 g/mol. The third-order valence-corrected chi connectivity index (χ3v) is 8.27. The van der Waals surface area contributed by atoms with Gasteiger partial charge in [-0.25, -0.2) is 4.79 Å². The van der Waals surface area contributed by atoms with Crippen molar-refractivity contribution in [2.75, 3.05) is 73.3 Å². The van der Waals surface area contributed by atoms with Gasteiger partial charge >= 0.3 is 6.09 Å². The smallest absolute Gasteiger partial charge is 0.410 e. The highest BCUT2D eigenvalue weighted by atomic mass is 16.6. The summed E-state index contributed by atoms with van der Waals surface area (Å²) < 4.78 is 29.0. The number of morpholine rings is 1. The molecule has 10 nitrogen and oxygen atoms in total. The van der Waals surface area contributed by atoms with Gasteiger partial charge in [-0.1, -0.05) is 6.07 Å². The molecule has 3 heterocycles. The van der Waals surface area contributed by atoms with E-state index in [0.29, 0.717) is 13.0 Å². The standard InChI is InChI=1S/C30H49N3O7/c1-28(2,3)40-27(34)31(5)26-20-30(39-22-29(26,4)35)9-11-33(12-10-30)21-23-7-8-24(25(19-23)36-6)38-18-15-32-13-16-37-17-14-32/h7-8,19,26,35H,9-18,20-22H2,1-6H3/t26-,29-/m0/s1. The van der Waals surface area contributed by atoms with Gasteiger partial charge < -0.3 is 33.7 Å². The minimum atomic E-state index is -1.14. The lowest BCUT2D eigenvalue weighted by Gasteiger charge is -2.52. The summed E-state index contributed by atoms with van der Waals surface area (Å²) in [6, 6.07) is 5.79. The van der Waals surface area contributed by atoms with E-state index in [0.717, 1.165) is 76.8 Å². The summed E-state index contributed by atoms with van der Waals surface area (Å²) in [5.41, 5.74) is -0.934. The summed E-state index contributed by atoms with van der Waals surface area (Å²) >= 11 is 0. The minimum absolute atomic E-state index is 0.189. The Bertz CT molecular complexity index is 982. The predicted octanol–water partition coefficient (Wildman–Crippen LogP) is 3.15. The number of likely N-dealkylation sites (tertiary alicyclic amines) is 1. The lowest BCUT2D eigenvalue weighted by molar-refractivity contribution is -0.206. The second-order valence-electron chi connectivity index (χ2n) is 12.7. The van der Waals surface area contributed by atoms with Crippen molar-refractivity contribution in [3.05, 3.63) is 23.8 Å². The van der Waals surface area contributed by atoms with Crippen molar-refractivity contribution >= 4 is 6.09 Å². The molecule has 40 heavy (non-hydrogen) atoms. The third-order valence-electron chi connectivity index (χ3n) is 8.27. The number of benzene rings is 1. The van der Waals surface area contributed by atoms with Crippen LogP contribution in [0.25, 0.3) is 0 Å². The van der Waals surface area contributed by atoms with Crippen LogP contribution in [-0.2, 0) is 20.8 Å². The highest BCUT2D eigenvalue weighted by Crippen LogP contribution is 2.41. The largest absolute Gasteiger partial charge is 0.493 e. The van der Waals surface area contributed by atoms with Crippen LogP contribution in [0.3, 0.4) is 0 Å². The van der Waals surface area contributed by atoms with Crippen LogP contribution < -0.4 is 9.47 Å². The molecule has 10 heteroatoms. The van der Waals surface area contributed by atoms with E-state index in [9.17, 15) is 9.90 Å². The number of hydrogen-bond acceptors (Lipinski definition) is 9. The van der Waals surface area contributed by atoms with Crippen molar-refractivity contribution in [3.63, 3.8) is 0 Å². The maximum absolute atomic E-state index is 12.8. The molecule has 1 spiro atoms. The summed E-state index contributed by atoms with van der Waals surface area (Å²) in [5, 5.41) is 11.1. The lowest BCUT2D eigenvalue weighted by Crippen LogP contribution is -2.64. The second-order valence-corrected chi connectivity index (χ2v) is 12.7. The SMILES string of the molecule is COc1cc(CN2CCC3(CC2)C[C@H](N(C)C(=O)OC(C)(C)C)[C@@](C)(O)CO3)ccc1OCCN1CCOCC1. The topological polar surface area (TPSA) is 93.2 Å². The molecule has 0 aliphatic carbocycles. The highest BCUT2D eigenvalue weighted by molar-refractivity contribution is 5.68. The van der Waals surface area contributed by atoms with Crippen LogP contribution in [0.4, 0.5) is 4.79 Å². The highest BCUT2D eigenvalue weighted by Gasteiger charge is 2.51. The van der Waals surface area contributed by atoms with Gasteiger partial charge in [0.05, 0.1) is 38.6 Å². The van der Waals surface area contributed by atoms with Gasteiger partial charge in [-0.3, -0.25) is 9.80 Å². The number of piperidine rings is 1. The Kier molecular flexibility index (Phi) is 9.88. The molecule has 1 aromatic rings. The number of amides is 1. The zero-order valence-corrected chi connectivity index (χ0v) is 25.2. The number of likely N-dealkylation sites (N-methyl/N-ethyl adjacent to an activating group) is 1. The molecule has 3 fully saturated rings. The van der Waals surface area contributed by atoms with Gasteiger partial charge in [0.2, 0.25) is 0 Å². The molecule has 3 saturated heterocycles. The summed E-state index contributed by atoms with van der Waals surface area (Å²) in [6.45, 7) is 15.0. The first-order chi connectivity index (χ1) is 18.9. The Morgan fingerprint density at radius 1 is 1.12 bits per heavy atom. The zero-order chi connectivity index (χ0) is 29.0. The lowest BCUT2D eigenvalue weighted by atomic mass is 9.77. The Hall–Kier alpha value is -2.11. The maximum atomic E-state index is 12.8. The molecule has 0 radical (unpaired) electrons. The van der Waals surface area contributed by atoms with Gasteiger partial charge in [-0.2, -0.15) is 0 Å². The monoisotopic (exact) mass is 563 g/mol. The van der Waals surface area contributed by atoms with Crippen LogP contribution in [0.2, 0.25) is 0 Å². The molecule has 0 bridgehead atoms. The molecule has 1 amide bonds. The fourth-order valence-electron chi connectivity index (χ4n) is 5.81. The average molecular weight is 564 g/mol. The van der Waals surface area contributed by atoms with Gasteiger partial charge in [0.25, 0.3) is 0 Å². The summed E-state index contributed by atoms with van der Waals surface area (Å²) in [5.74, 6) is 1.51. The maximum Gasteiger partial charge on any atom is 0.410 e. The van der Waals surface area contributed by atoms with Crippen molar-refractivity contribution in [1.82, 2.24) is 14.7 Å². The van der Waals surface area contributed by atoms with Gasteiger partial charge in [0.15, 0.2) is 11.5 Å². The molecule has 3 aliphatic heterocycles. The van der Waals surface area contributed by atoms with Crippen LogP contribution in [0.1, 0.15) is 52.5 Å². The van der Waals surface area contributed by atoms with E-state index in [1.807, 2.05) is 26.8 Å². The van der Waals surface area contributed by atoms with Crippen LogP contribution in [-0.4, -0.2) is 122 Å². The Morgan fingerprint density at radius 2 is 1.82 bits per heavy atom. The van der Waals surface area contributed by atoms with E-state index in [-0.39, 0.29) is 18.2 Å². The molecule has 4 rings (SSSR count). The van der Waals surface area contributed by atoms with E-state index in [2.05, 4.69) is 21.9 Å². The first kappa shape index (κ1) is 30.8. The number of nitrogens with zero attached hydrogens (tertiary/aromatic N) is 3. The van der Waals surface area contributed by atoms with Crippen molar-refractivity contribution < 1.29 is 33.6 Å². The number of aliphatic hydroxyl groups is 1. The first-order valence-corrected chi connectivity index (χ1v) is 14.5. The molecule has 3 aliphatic rings. The molecular formula is C30H49N3O7. The fourth-order valence-corrected chi connectivity index (χ4v) is 5.81. The Labute approximate surface area is 239 Å². The Morgan fingerprint density at radius 3 is 2.48 bits per heavy atom. The van der Waals surface area contributed by atoms with Crippen LogP contribution in [0.5, 0.6) is 11.5 Å². The van der Waals surface area contributed by atoms with Crippen LogP contribution in [0, 0.1) is 0 Å². The fraction of sp³-hybridized carbons (Fsp3) is 0.767. The van der Waals surface area contributed by atoms with Crippen molar-refractivity contribution in [3.8, 4) is 11.5 Å². The van der Waals surface area contributed by atoms with E-state index in [1.165, 1.54) is 5.56 Å². The number of carbonyl (C=O) groups is 1. The molecule has 1 aromatic carbocycles. The third kappa shape index (κ3) is 8.00. The van der Waals surface area contributed by atoms with Crippen molar-refractivity contribution in [2.24, 2.45) is 0 Å². The number of ether oxygens (including phenoxy) is 5. The molecule has 1 N–H and O–H groups in total. The number of rotatable bonds is 8. The van der Waals surface area contributed by atoms with E-state index in [1.54, 1.807) is 26.0 Å². The van der Waals surface area contributed by atoms with Gasteiger partial charge in [-0.15, -0.1) is 0 Å². The number of methoxy groups -OCH3 is 1. The molecule has 226 valence electrons. The average Bonchev–Trinajstić information content (AvgIpc) is 2.91. The van der Waals surface area contributed by atoms with Crippen LogP contribution in [0.15, 0.2) is 18.2 Å². The normalized spacial score (nSPS) is 25.9. The minimum Gasteiger partial charge on any atom is -0.493 e. The van der Waals surface area contributed by atoms with Crippen molar-refractivity contribution in [1.29, 1.82) is 0 Å². The summed E-state index contributed by atoms with van der Waals surface area (Å²) in [6.07, 6.45) is 1.83. The van der Waals surface area contributed by atoms with Gasteiger partial charge in [0.1, 0.15) is 17.8 Å². The second kappa shape index (κ2) is 12.8. The first-order valence-electron chi connectivity index (χ1n) is 14.5.